The minimum absolute atomic E-state index is 0.169. The molecule has 1 atom stereocenters. The molecule has 0 aliphatic heterocycles. The van der Waals surface area contributed by atoms with Gasteiger partial charge in [0, 0.05) is 11.2 Å². The Hall–Kier alpha value is -0.500. The van der Waals surface area contributed by atoms with Crippen molar-refractivity contribution in [2.45, 2.75) is 10.1 Å². The summed E-state index contributed by atoms with van der Waals surface area (Å²) in [5, 5.41) is 0. The summed E-state index contributed by atoms with van der Waals surface area (Å²) in [4.78, 5) is 3.90. The topological polar surface area (TPSA) is 36.0 Å². The number of aromatic nitrogens is 1. The van der Waals surface area contributed by atoms with Gasteiger partial charge in [-0.1, -0.05) is 17.4 Å². The summed E-state index contributed by atoms with van der Waals surface area (Å²) in [7, 11) is 0. The van der Waals surface area contributed by atoms with Gasteiger partial charge in [0.2, 0.25) is 0 Å². The number of hydrogen-bond donors (Lipinski definition) is 0. The van der Waals surface area contributed by atoms with E-state index in [2.05, 4.69) is 20.9 Å². The molecule has 2 aromatic rings. The molecule has 90 valence electrons. The van der Waals surface area contributed by atoms with E-state index < -0.39 is 22.8 Å². The maximum absolute atomic E-state index is 13.3. The third-order valence-corrected chi connectivity index (χ3v) is 5.11. The lowest BCUT2D eigenvalue weighted by atomic mass is 10.2. The van der Waals surface area contributed by atoms with Crippen LogP contribution < -0.4 is 0 Å². The highest BCUT2D eigenvalue weighted by atomic mass is 79.9. The molecule has 0 saturated heterocycles. The average molecular weight is 338 g/mol. The third-order valence-electron chi connectivity index (χ3n) is 1.99. The highest BCUT2D eigenvalue weighted by Crippen LogP contribution is 2.26. The maximum Gasteiger partial charge on any atom is 0.302 e. The summed E-state index contributed by atoms with van der Waals surface area (Å²) in [6, 6.07) is 3.57. The van der Waals surface area contributed by atoms with Crippen LogP contribution in [0.1, 0.15) is 5.56 Å². The van der Waals surface area contributed by atoms with Crippen molar-refractivity contribution in [1.29, 1.82) is 0 Å². The zero-order valence-corrected chi connectivity index (χ0v) is 11.5. The number of rotatable bonds is 3. The second kappa shape index (κ2) is 5.43. The van der Waals surface area contributed by atoms with Crippen LogP contribution in [0.4, 0.5) is 8.78 Å². The van der Waals surface area contributed by atoms with Crippen molar-refractivity contribution in [3.05, 3.63) is 45.4 Å². The Kier molecular flexibility index (Phi) is 4.13. The van der Waals surface area contributed by atoms with Gasteiger partial charge in [-0.2, -0.15) is 4.98 Å². The zero-order chi connectivity index (χ0) is 12.4. The van der Waals surface area contributed by atoms with E-state index in [1.54, 1.807) is 0 Å². The molecule has 0 bridgehead atoms. The molecule has 0 saturated carbocycles. The van der Waals surface area contributed by atoms with Crippen molar-refractivity contribution in [2.24, 2.45) is 0 Å². The normalized spacial score (nSPS) is 12.7. The first-order chi connectivity index (χ1) is 8.08. The summed E-state index contributed by atoms with van der Waals surface area (Å²) in [5.74, 6) is -1.58. The molecule has 1 aromatic carbocycles. The lowest BCUT2D eigenvalue weighted by molar-refractivity contribution is 0.555. The fraction of sp³-hybridized carbons (Fsp3) is 0.100. The number of thiazole rings is 1. The molecule has 0 amide bonds. The Bertz CT molecular complexity index is 515. The second-order valence-electron chi connectivity index (χ2n) is 3.12. The molecule has 0 aliphatic rings. The highest BCUT2D eigenvalue weighted by Gasteiger charge is 2.21. The lowest BCUT2D eigenvalue weighted by Gasteiger charge is -2.08. The van der Waals surface area contributed by atoms with Crippen molar-refractivity contribution < 1.29 is 13.3 Å². The first kappa shape index (κ1) is 12.9. The molecular formula is C10H6BrF2NOS2. The number of halogens is 3. The number of hydrogen-bond acceptors (Lipinski definition) is 3. The summed E-state index contributed by atoms with van der Waals surface area (Å²) in [6.07, 6.45) is 1.51. The first-order valence-corrected chi connectivity index (χ1v) is 7.43. The van der Waals surface area contributed by atoms with Crippen molar-refractivity contribution in [3.63, 3.8) is 0 Å². The molecule has 1 unspecified atom stereocenters. The van der Waals surface area contributed by atoms with Gasteiger partial charge in [0.15, 0.2) is 0 Å². The fourth-order valence-corrected chi connectivity index (χ4v) is 4.12. The summed E-state index contributed by atoms with van der Waals surface area (Å²) in [6.45, 7) is 0. The molecule has 2 rings (SSSR count). The van der Waals surface area contributed by atoms with Crippen LogP contribution in [-0.4, -0.2) is 9.54 Å². The summed E-state index contributed by atoms with van der Waals surface area (Å²) >= 11 is 2.84. The van der Waals surface area contributed by atoms with Crippen molar-refractivity contribution >= 4 is 38.4 Å². The first-order valence-electron chi connectivity index (χ1n) is 4.50. The lowest BCUT2D eigenvalue weighted by Crippen LogP contribution is -2.08. The van der Waals surface area contributed by atoms with Gasteiger partial charge in [-0.25, -0.2) is 8.78 Å². The van der Waals surface area contributed by atoms with Crippen molar-refractivity contribution in [3.8, 4) is 0 Å². The molecule has 17 heavy (non-hydrogen) atoms. The van der Waals surface area contributed by atoms with Crippen LogP contribution in [0.15, 0.2) is 32.5 Å². The minimum Gasteiger partial charge on any atom is -0.609 e. The minimum atomic E-state index is -1.54. The van der Waals surface area contributed by atoms with Gasteiger partial charge in [0.1, 0.15) is 17.4 Å². The van der Waals surface area contributed by atoms with Crippen LogP contribution in [0.3, 0.4) is 0 Å². The van der Waals surface area contributed by atoms with Crippen LogP contribution in [0.5, 0.6) is 0 Å². The Labute approximate surface area is 112 Å². The molecule has 1 aromatic heterocycles. The maximum atomic E-state index is 13.3. The van der Waals surface area contributed by atoms with E-state index in [-0.39, 0.29) is 11.3 Å². The summed E-state index contributed by atoms with van der Waals surface area (Å²) in [5.41, 5.74) is -0.169. The van der Waals surface area contributed by atoms with Gasteiger partial charge < -0.3 is 4.55 Å². The van der Waals surface area contributed by atoms with E-state index in [4.69, 9.17) is 0 Å². The predicted molar refractivity (Wildman–Crippen MR) is 66.3 cm³/mol. The van der Waals surface area contributed by atoms with Gasteiger partial charge in [-0.3, -0.25) is 0 Å². The smallest absolute Gasteiger partial charge is 0.302 e. The van der Waals surface area contributed by atoms with Crippen molar-refractivity contribution in [1.82, 2.24) is 4.98 Å². The molecule has 2 nitrogen and oxygen atoms in total. The third kappa shape index (κ3) is 3.04. The van der Waals surface area contributed by atoms with Gasteiger partial charge in [0.05, 0.1) is 15.5 Å². The van der Waals surface area contributed by atoms with Gasteiger partial charge in [-0.15, -0.1) is 0 Å². The van der Waals surface area contributed by atoms with Crippen LogP contribution in [0, 0.1) is 11.6 Å². The van der Waals surface area contributed by atoms with Gasteiger partial charge >= 0.3 is 4.34 Å². The van der Waals surface area contributed by atoms with E-state index in [9.17, 15) is 13.3 Å². The Balaban J connectivity index is 2.21. The Morgan fingerprint density at radius 3 is 2.53 bits per heavy atom. The standard InChI is InChI=1S/C10H6BrF2NOS2/c11-9-4-14-10(16-9)17(15)5-6-7(12)2-1-3-8(6)13/h1-4H,5H2. The highest BCUT2D eigenvalue weighted by molar-refractivity contribution is 9.11. The molecule has 7 heteroatoms. The van der Waals surface area contributed by atoms with Gasteiger partial charge in [0.25, 0.3) is 0 Å². The molecule has 0 spiro atoms. The fourth-order valence-electron chi connectivity index (χ4n) is 1.21. The predicted octanol–water partition coefficient (Wildman–Crippen LogP) is 3.49. The molecule has 0 fully saturated rings. The van der Waals surface area contributed by atoms with Crippen molar-refractivity contribution in [2.75, 3.05) is 0 Å². The van der Waals surface area contributed by atoms with Crippen LogP contribution in [-0.2, 0) is 16.9 Å². The molecule has 0 aliphatic carbocycles. The largest absolute Gasteiger partial charge is 0.609 e. The van der Waals surface area contributed by atoms with E-state index >= 15 is 0 Å². The van der Waals surface area contributed by atoms with E-state index in [0.717, 1.165) is 15.9 Å². The molecule has 1 heterocycles. The van der Waals surface area contributed by atoms with Crippen LogP contribution >= 0.6 is 27.3 Å². The summed E-state index contributed by atoms with van der Waals surface area (Å²) < 4.78 is 39.6. The van der Waals surface area contributed by atoms with Crippen LogP contribution in [0.2, 0.25) is 0 Å². The average Bonchev–Trinajstić information content (AvgIpc) is 2.70. The monoisotopic (exact) mass is 337 g/mol. The zero-order valence-electron chi connectivity index (χ0n) is 8.32. The Morgan fingerprint density at radius 2 is 2.00 bits per heavy atom. The molecule has 0 radical (unpaired) electrons. The Morgan fingerprint density at radius 1 is 1.35 bits per heavy atom. The molecule has 0 N–H and O–H groups in total. The van der Waals surface area contributed by atoms with E-state index in [1.807, 2.05) is 0 Å². The van der Waals surface area contributed by atoms with Gasteiger partial charge in [-0.05, 0) is 28.1 Å². The van der Waals surface area contributed by atoms with E-state index in [1.165, 1.54) is 23.6 Å². The number of nitrogens with zero attached hydrogens (tertiary/aromatic N) is 1. The van der Waals surface area contributed by atoms with E-state index in [0.29, 0.717) is 4.34 Å². The number of benzene rings is 1. The SMILES string of the molecule is [O-][S+](Cc1c(F)cccc1F)c1ncc(Br)s1. The van der Waals surface area contributed by atoms with Crippen LogP contribution in [0.25, 0.3) is 0 Å². The molecular weight excluding hydrogens is 332 g/mol. The second-order valence-corrected chi connectivity index (χ2v) is 7.16. The quantitative estimate of drug-likeness (QED) is 0.803.